The highest BCUT2D eigenvalue weighted by molar-refractivity contribution is 4.82. The summed E-state index contributed by atoms with van der Waals surface area (Å²) in [6.07, 6.45) is 5.26. The zero-order valence-corrected chi connectivity index (χ0v) is 9.87. The van der Waals surface area contributed by atoms with Crippen LogP contribution in [0.4, 0.5) is 0 Å². The first-order chi connectivity index (χ1) is 7.40. The number of rotatable bonds is 4. The Balaban J connectivity index is 1.79. The molecule has 0 radical (unpaired) electrons. The first-order valence-electron chi connectivity index (χ1n) is 6.37. The molecule has 0 unspecified atom stereocenters. The number of hydrogen-bond donors (Lipinski definition) is 1. The third-order valence-electron chi connectivity index (χ3n) is 3.86. The summed E-state index contributed by atoms with van der Waals surface area (Å²) in [5, 5.41) is 3.50. The van der Waals surface area contributed by atoms with Gasteiger partial charge in [0.05, 0.1) is 0 Å². The smallest absolute Gasteiger partial charge is 0.0469 e. The van der Waals surface area contributed by atoms with Crippen LogP contribution in [0.15, 0.2) is 0 Å². The van der Waals surface area contributed by atoms with Gasteiger partial charge in [-0.1, -0.05) is 0 Å². The van der Waals surface area contributed by atoms with E-state index >= 15 is 0 Å². The van der Waals surface area contributed by atoms with Gasteiger partial charge in [-0.05, 0) is 51.7 Å². The fourth-order valence-corrected chi connectivity index (χ4v) is 2.84. The third kappa shape index (κ3) is 3.16. The zero-order valence-electron chi connectivity index (χ0n) is 9.87. The molecule has 2 rings (SSSR count). The predicted molar refractivity (Wildman–Crippen MR) is 62.1 cm³/mol. The van der Waals surface area contributed by atoms with Gasteiger partial charge in [-0.25, -0.2) is 0 Å². The monoisotopic (exact) mass is 212 g/mol. The van der Waals surface area contributed by atoms with Crippen LogP contribution in [-0.4, -0.2) is 50.8 Å². The minimum absolute atomic E-state index is 0.673. The first kappa shape index (κ1) is 11.4. The van der Waals surface area contributed by atoms with E-state index in [2.05, 4.69) is 17.3 Å². The minimum atomic E-state index is 0.673. The van der Waals surface area contributed by atoms with Gasteiger partial charge < -0.3 is 15.0 Å². The lowest BCUT2D eigenvalue weighted by molar-refractivity contribution is 0.0499. The van der Waals surface area contributed by atoms with Gasteiger partial charge in [0.25, 0.3) is 0 Å². The second-order valence-corrected chi connectivity index (χ2v) is 4.85. The molecule has 0 aliphatic carbocycles. The van der Waals surface area contributed by atoms with Crippen LogP contribution < -0.4 is 5.32 Å². The summed E-state index contributed by atoms with van der Waals surface area (Å²) >= 11 is 0. The van der Waals surface area contributed by atoms with Crippen LogP contribution in [0.25, 0.3) is 0 Å². The maximum atomic E-state index is 5.42. The Kier molecular flexibility index (Phi) is 4.42. The van der Waals surface area contributed by atoms with E-state index in [0.717, 1.165) is 19.1 Å². The Labute approximate surface area is 93.2 Å². The van der Waals surface area contributed by atoms with Crippen molar-refractivity contribution >= 4 is 0 Å². The van der Waals surface area contributed by atoms with E-state index in [-0.39, 0.29) is 0 Å². The standard InChI is InChI=1S/C12H24N2O/c1-13-12(10-14-6-2-3-7-14)11-4-8-15-9-5-11/h11-13H,2-10H2,1H3/t12-/m1/s1. The number of nitrogens with one attached hydrogen (secondary N) is 1. The molecule has 2 aliphatic rings. The summed E-state index contributed by atoms with van der Waals surface area (Å²) in [6, 6.07) is 0.673. The Hall–Kier alpha value is -0.120. The Morgan fingerprint density at radius 2 is 1.93 bits per heavy atom. The molecule has 2 heterocycles. The molecule has 2 fully saturated rings. The summed E-state index contributed by atoms with van der Waals surface area (Å²) in [6.45, 7) is 5.77. The van der Waals surface area contributed by atoms with Gasteiger partial charge in [-0.15, -0.1) is 0 Å². The summed E-state index contributed by atoms with van der Waals surface area (Å²) in [7, 11) is 2.11. The van der Waals surface area contributed by atoms with Gasteiger partial charge >= 0.3 is 0 Å². The van der Waals surface area contributed by atoms with Crippen molar-refractivity contribution in [1.82, 2.24) is 10.2 Å². The van der Waals surface area contributed by atoms with Crippen molar-refractivity contribution in [3.8, 4) is 0 Å². The second-order valence-electron chi connectivity index (χ2n) is 4.85. The van der Waals surface area contributed by atoms with E-state index in [1.54, 1.807) is 0 Å². The summed E-state index contributed by atoms with van der Waals surface area (Å²) < 4.78 is 5.42. The van der Waals surface area contributed by atoms with Gasteiger partial charge in [0, 0.05) is 25.8 Å². The van der Waals surface area contributed by atoms with E-state index in [1.165, 1.54) is 45.3 Å². The van der Waals surface area contributed by atoms with Crippen LogP contribution in [0, 0.1) is 5.92 Å². The molecule has 88 valence electrons. The number of likely N-dealkylation sites (tertiary alicyclic amines) is 1. The lowest BCUT2D eigenvalue weighted by Crippen LogP contribution is -2.45. The molecule has 0 amide bonds. The van der Waals surface area contributed by atoms with Crippen LogP contribution in [0.1, 0.15) is 25.7 Å². The Morgan fingerprint density at radius 1 is 1.27 bits per heavy atom. The van der Waals surface area contributed by atoms with Crippen LogP contribution in [-0.2, 0) is 4.74 Å². The minimum Gasteiger partial charge on any atom is -0.381 e. The molecular weight excluding hydrogens is 188 g/mol. The summed E-state index contributed by atoms with van der Waals surface area (Å²) in [4.78, 5) is 2.61. The van der Waals surface area contributed by atoms with E-state index < -0.39 is 0 Å². The molecule has 1 atom stereocenters. The van der Waals surface area contributed by atoms with Crippen LogP contribution in [0.3, 0.4) is 0 Å². The normalized spacial score (nSPS) is 27.0. The van der Waals surface area contributed by atoms with E-state index in [1.807, 2.05) is 0 Å². The molecule has 0 aromatic rings. The molecule has 1 N–H and O–H groups in total. The van der Waals surface area contributed by atoms with Gasteiger partial charge in [-0.2, -0.15) is 0 Å². The SMILES string of the molecule is CN[C@H](CN1CCCC1)C1CCOCC1. The molecule has 2 aliphatic heterocycles. The summed E-state index contributed by atoms with van der Waals surface area (Å²) in [5.74, 6) is 0.823. The zero-order chi connectivity index (χ0) is 10.5. The van der Waals surface area contributed by atoms with Crippen molar-refractivity contribution in [1.29, 1.82) is 0 Å². The second kappa shape index (κ2) is 5.83. The highest BCUT2D eigenvalue weighted by Gasteiger charge is 2.25. The van der Waals surface area contributed by atoms with E-state index in [9.17, 15) is 0 Å². The first-order valence-corrected chi connectivity index (χ1v) is 6.37. The van der Waals surface area contributed by atoms with Crippen molar-refractivity contribution in [2.24, 2.45) is 5.92 Å². The molecule has 0 saturated carbocycles. The largest absolute Gasteiger partial charge is 0.381 e. The van der Waals surface area contributed by atoms with Crippen molar-refractivity contribution in [2.75, 3.05) is 39.9 Å². The Bertz CT molecular complexity index is 174. The lowest BCUT2D eigenvalue weighted by Gasteiger charge is -2.32. The van der Waals surface area contributed by atoms with Crippen molar-refractivity contribution < 1.29 is 4.74 Å². The molecule has 0 aromatic carbocycles. The molecule has 3 nitrogen and oxygen atoms in total. The summed E-state index contributed by atoms with van der Waals surface area (Å²) in [5.41, 5.74) is 0. The fourth-order valence-electron chi connectivity index (χ4n) is 2.84. The quantitative estimate of drug-likeness (QED) is 0.755. The van der Waals surface area contributed by atoms with Crippen LogP contribution in [0.2, 0.25) is 0 Å². The average Bonchev–Trinajstić information content (AvgIpc) is 2.80. The molecule has 0 bridgehead atoms. The topological polar surface area (TPSA) is 24.5 Å². The molecular formula is C12H24N2O. The number of likely N-dealkylation sites (N-methyl/N-ethyl adjacent to an activating group) is 1. The van der Waals surface area contributed by atoms with Gasteiger partial charge in [-0.3, -0.25) is 0 Å². The van der Waals surface area contributed by atoms with Crippen LogP contribution >= 0.6 is 0 Å². The van der Waals surface area contributed by atoms with Gasteiger partial charge in [0.2, 0.25) is 0 Å². The van der Waals surface area contributed by atoms with Crippen LogP contribution in [0.5, 0.6) is 0 Å². The Morgan fingerprint density at radius 3 is 2.53 bits per heavy atom. The van der Waals surface area contributed by atoms with Crippen molar-refractivity contribution in [2.45, 2.75) is 31.7 Å². The number of nitrogens with zero attached hydrogens (tertiary/aromatic N) is 1. The lowest BCUT2D eigenvalue weighted by atomic mass is 9.91. The molecule has 0 aromatic heterocycles. The number of hydrogen-bond acceptors (Lipinski definition) is 3. The third-order valence-corrected chi connectivity index (χ3v) is 3.86. The highest BCUT2D eigenvalue weighted by atomic mass is 16.5. The molecule has 0 spiro atoms. The molecule has 2 saturated heterocycles. The van der Waals surface area contributed by atoms with E-state index in [4.69, 9.17) is 4.74 Å². The van der Waals surface area contributed by atoms with Gasteiger partial charge in [0.1, 0.15) is 0 Å². The average molecular weight is 212 g/mol. The fraction of sp³-hybridized carbons (Fsp3) is 1.00. The van der Waals surface area contributed by atoms with Gasteiger partial charge in [0.15, 0.2) is 0 Å². The maximum Gasteiger partial charge on any atom is 0.0469 e. The molecule has 15 heavy (non-hydrogen) atoms. The van der Waals surface area contributed by atoms with Crippen molar-refractivity contribution in [3.63, 3.8) is 0 Å². The maximum absolute atomic E-state index is 5.42. The van der Waals surface area contributed by atoms with Crippen molar-refractivity contribution in [3.05, 3.63) is 0 Å². The predicted octanol–water partition coefficient (Wildman–Crippen LogP) is 1.10. The highest BCUT2D eigenvalue weighted by Crippen LogP contribution is 2.20. The van der Waals surface area contributed by atoms with E-state index in [0.29, 0.717) is 6.04 Å². The number of ether oxygens (including phenoxy) is 1. The molecule has 3 heteroatoms.